The molecule has 1 heterocycles. The van der Waals surface area contributed by atoms with Crippen LogP contribution in [-0.4, -0.2) is 15.6 Å². The Morgan fingerprint density at radius 3 is 2.42 bits per heavy atom. The van der Waals surface area contributed by atoms with Crippen molar-refractivity contribution < 1.29 is 9.90 Å². The van der Waals surface area contributed by atoms with Crippen LogP contribution in [0, 0.1) is 6.92 Å². The van der Waals surface area contributed by atoms with E-state index in [4.69, 9.17) is 0 Å². The van der Waals surface area contributed by atoms with Crippen LogP contribution < -0.4 is 0 Å². The maximum absolute atomic E-state index is 11.5. The smallest absolute Gasteiger partial charge is 0.315 e. The maximum atomic E-state index is 11.5. The molecular formula is C16H21NO2. The fourth-order valence-corrected chi connectivity index (χ4v) is 2.48. The number of carboxylic acid groups (broad SMARTS) is 1. The number of hydrogen-bond acceptors (Lipinski definition) is 1. The third-order valence-electron chi connectivity index (χ3n) is 3.69. The van der Waals surface area contributed by atoms with Gasteiger partial charge in [-0.25, -0.2) is 0 Å². The summed E-state index contributed by atoms with van der Waals surface area (Å²) in [6, 6.07) is 8.47. The minimum absolute atomic E-state index is 0.230. The summed E-state index contributed by atoms with van der Waals surface area (Å²) < 4.78 is 2.14. The largest absolute Gasteiger partial charge is 0.481 e. The minimum atomic E-state index is -0.892. The van der Waals surface area contributed by atoms with Gasteiger partial charge >= 0.3 is 5.97 Å². The molecule has 0 saturated carbocycles. The molecule has 0 aliphatic carbocycles. The fourth-order valence-electron chi connectivity index (χ4n) is 2.48. The number of aryl methyl sites for hydroxylation is 1. The van der Waals surface area contributed by atoms with Crippen molar-refractivity contribution in [1.29, 1.82) is 0 Å². The predicted molar refractivity (Wildman–Crippen MR) is 77.7 cm³/mol. The highest BCUT2D eigenvalue weighted by atomic mass is 16.4. The standard InChI is InChI=1S/C16H21NO2/c1-10(2)17-13-8-11(3)6-7-12(13)9-14(17)16(4,5)15(18)19/h6-10H,1-5H3,(H,18,19). The molecule has 0 fully saturated rings. The number of benzene rings is 1. The minimum Gasteiger partial charge on any atom is -0.481 e. The summed E-state index contributed by atoms with van der Waals surface area (Å²) in [7, 11) is 0. The molecule has 0 aliphatic rings. The van der Waals surface area contributed by atoms with E-state index in [1.807, 2.05) is 6.07 Å². The second-order valence-electron chi connectivity index (χ2n) is 5.99. The highest BCUT2D eigenvalue weighted by Crippen LogP contribution is 2.33. The lowest BCUT2D eigenvalue weighted by Gasteiger charge is -2.24. The van der Waals surface area contributed by atoms with Crippen LogP contribution in [0.3, 0.4) is 0 Å². The zero-order valence-electron chi connectivity index (χ0n) is 12.2. The van der Waals surface area contributed by atoms with Crippen molar-refractivity contribution in [3.63, 3.8) is 0 Å². The molecule has 3 heteroatoms. The van der Waals surface area contributed by atoms with Crippen molar-refractivity contribution in [2.45, 2.75) is 46.1 Å². The van der Waals surface area contributed by atoms with E-state index >= 15 is 0 Å². The van der Waals surface area contributed by atoms with E-state index in [1.54, 1.807) is 13.8 Å². The number of rotatable bonds is 3. The number of aromatic nitrogens is 1. The molecule has 1 aromatic heterocycles. The Kier molecular flexibility index (Phi) is 3.17. The normalized spacial score (nSPS) is 12.3. The number of nitrogens with zero attached hydrogens (tertiary/aromatic N) is 1. The first-order valence-corrected chi connectivity index (χ1v) is 6.60. The van der Waals surface area contributed by atoms with E-state index < -0.39 is 11.4 Å². The van der Waals surface area contributed by atoms with Crippen LogP contribution in [-0.2, 0) is 10.2 Å². The number of fused-ring (bicyclic) bond motifs is 1. The van der Waals surface area contributed by atoms with Crippen molar-refractivity contribution in [2.24, 2.45) is 0 Å². The molecule has 0 bridgehead atoms. The molecule has 0 unspecified atom stereocenters. The Morgan fingerprint density at radius 1 is 1.26 bits per heavy atom. The van der Waals surface area contributed by atoms with E-state index in [0.29, 0.717) is 0 Å². The van der Waals surface area contributed by atoms with Gasteiger partial charge in [0.25, 0.3) is 0 Å². The van der Waals surface area contributed by atoms with Gasteiger partial charge in [0.2, 0.25) is 0 Å². The van der Waals surface area contributed by atoms with Crippen molar-refractivity contribution in [1.82, 2.24) is 4.57 Å². The number of aliphatic carboxylic acids is 1. The van der Waals surface area contributed by atoms with Gasteiger partial charge in [-0.15, -0.1) is 0 Å². The lowest BCUT2D eigenvalue weighted by atomic mass is 9.89. The fraction of sp³-hybridized carbons (Fsp3) is 0.438. The molecule has 3 nitrogen and oxygen atoms in total. The Bertz CT molecular complexity index is 635. The summed E-state index contributed by atoms with van der Waals surface area (Å²) >= 11 is 0. The first kappa shape index (κ1) is 13.7. The lowest BCUT2D eigenvalue weighted by molar-refractivity contribution is -0.142. The van der Waals surface area contributed by atoms with Crippen molar-refractivity contribution >= 4 is 16.9 Å². The van der Waals surface area contributed by atoms with Gasteiger partial charge in [0.15, 0.2) is 0 Å². The summed E-state index contributed by atoms with van der Waals surface area (Å²) in [4.78, 5) is 11.5. The number of carboxylic acids is 1. The second-order valence-corrected chi connectivity index (χ2v) is 5.99. The first-order valence-electron chi connectivity index (χ1n) is 6.60. The van der Waals surface area contributed by atoms with Crippen LogP contribution in [0.5, 0.6) is 0 Å². The van der Waals surface area contributed by atoms with E-state index in [0.717, 1.165) is 16.6 Å². The summed E-state index contributed by atoms with van der Waals surface area (Å²) in [5.41, 5.74) is 2.26. The third-order valence-corrected chi connectivity index (χ3v) is 3.69. The molecule has 0 saturated heterocycles. The van der Waals surface area contributed by atoms with Crippen molar-refractivity contribution in [3.8, 4) is 0 Å². The summed E-state index contributed by atoms with van der Waals surface area (Å²) in [6.07, 6.45) is 0. The van der Waals surface area contributed by atoms with E-state index in [1.165, 1.54) is 5.56 Å². The van der Waals surface area contributed by atoms with Gasteiger partial charge in [0.1, 0.15) is 5.41 Å². The SMILES string of the molecule is Cc1ccc2cc(C(C)(C)C(=O)O)n(C(C)C)c2c1. The van der Waals surface area contributed by atoms with E-state index in [9.17, 15) is 9.90 Å². The Labute approximate surface area is 113 Å². The molecule has 2 aromatic rings. The third kappa shape index (κ3) is 2.14. The second kappa shape index (κ2) is 4.41. The summed E-state index contributed by atoms with van der Waals surface area (Å²) in [6.45, 7) is 9.75. The van der Waals surface area contributed by atoms with Crippen LogP contribution in [0.15, 0.2) is 24.3 Å². The molecule has 1 aromatic carbocycles. The zero-order valence-corrected chi connectivity index (χ0v) is 12.2. The maximum Gasteiger partial charge on any atom is 0.315 e. The van der Waals surface area contributed by atoms with Crippen LogP contribution in [0.2, 0.25) is 0 Å². The van der Waals surface area contributed by atoms with Gasteiger partial charge in [0.05, 0.1) is 0 Å². The van der Waals surface area contributed by atoms with Crippen LogP contribution in [0.25, 0.3) is 10.9 Å². The molecule has 102 valence electrons. The van der Waals surface area contributed by atoms with E-state index in [2.05, 4.69) is 43.5 Å². The summed E-state index contributed by atoms with van der Waals surface area (Å²) in [5.74, 6) is -0.797. The molecule has 1 N–H and O–H groups in total. The monoisotopic (exact) mass is 259 g/mol. The van der Waals surface area contributed by atoms with Gasteiger partial charge in [-0.05, 0) is 57.7 Å². The van der Waals surface area contributed by atoms with Crippen LogP contribution in [0.1, 0.15) is 45.0 Å². The highest BCUT2D eigenvalue weighted by molar-refractivity contribution is 5.87. The molecule has 0 radical (unpaired) electrons. The molecule has 2 rings (SSSR count). The van der Waals surface area contributed by atoms with Crippen LogP contribution >= 0.6 is 0 Å². The van der Waals surface area contributed by atoms with Crippen molar-refractivity contribution in [2.75, 3.05) is 0 Å². The molecule has 0 spiro atoms. The zero-order chi connectivity index (χ0) is 14.4. The Morgan fingerprint density at radius 2 is 1.89 bits per heavy atom. The van der Waals surface area contributed by atoms with Gasteiger partial charge in [-0.1, -0.05) is 12.1 Å². The van der Waals surface area contributed by atoms with Crippen molar-refractivity contribution in [3.05, 3.63) is 35.5 Å². The van der Waals surface area contributed by atoms with Gasteiger partial charge in [-0.3, -0.25) is 4.79 Å². The molecule has 0 atom stereocenters. The number of hydrogen-bond donors (Lipinski definition) is 1. The van der Waals surface area contributed by atoms with Gasteiger partial charge in [-0.2, -0.15) is 0 Å². The lowest BCUT2D eigenvalue weighted by Crippen LogP contribution is -2.31. The highest BCUT2D eigenvalue weighted by Gasteiger charge is 2.33. The average molecular weight is 259 g/mol. The topological polar surface area (TPSA) is 42.2 Å². The first-order chi connectivity index (χ1) is 8.75. The quantitative estimate of drug-likeness (QED) is 0.908. The molecule has 0 aliphatic heterocycles. The average Bonchev–Trinajstić information content (AvgIpc) is 2.67. The predicted octanol–water partition coefficient (Wildman–Crippen LogP) is 3.89. The van der Waals surface area contributed by atoms with Gasteiger partial charge < -0.3 is 9.67 Å². The van der Waals surface area contributed by atoms with Gasteiger partial charge in [0, 0.05) is 17.3 Å². The molecule has 19 heavy (non-hydrogen) atoms. The van der Waals surface area contributed by atoms with Crippen LogP contribution in [0.4, 0.5) is 0 Å². The molecular weight excluding hydrogens is 238 g/mol. The van der Waals surface area contributed by atoms with E-state index in [-0.39, 0.29) is 6.04 Å². The Balaban J connectivity index is 2.81. The molecule has 0 amide bonds. The Hall–Kier alpha value is -1.77. The number of carbonyl (C=O) groups is 1. The summed E-state index contributed by atoms with van der Waals surface area (Å²) in [5, 5.41) is 10.6.